The van der Waals surface area contributed by atoms with Crippen molar-refractivity contribution in [2.75, 3.05) is 32.9 Å². The lowest BCUT2D eigenvalue weighted by molar-refractivity contribution is 0.0420. The van der Waals surface area contributed by atoms with Crippen molar-refractivity contribution < 1.29 is 9.47 Å². The van der Waals surface area contributed by atoms with Gasteiger partial charge >= 0.3 is 0 Å². The number of ether oxygens (including phenoxy) is 2. The molecule has 2 heterocycles. The van der Waals surface area contributed by atoms with Gasteiger partial charge in [-0.25, -0.2) is 9.67 Å². The Labute approximate surface area is 171 Å². The highest BCUT2D eigenvalue weighted by molar-refractivity contribution is 6.30. The molecule has 1 atom stereocenters. The molecule has 0 aliphatic carbocycles. The normalized spacial score (nSPS) is 17.1. The van der Waals surface area contributed by atoms with E-state index in [1.807, 2.05) is 41.3 Å². The van der Waals surface area contributed by atoms with Crippen LogP contribution in [-0.4, -0.2) is 54.8 Å². The summed E-state index contributed by atoms with van der Waals surface area (Å²) in [5.41, 5.74) is 2.01. The Hall–Kier alpha value is -2.09. The maximum absolute atomic E-state index is 5.94. The zero-order valence-electron chi connectivity index (χ0n) is 16.2. The number of nitrogens with one attached hydrogen (secondary N) is 2. The van der Waals surface area contributed by atoms with Gasteiger partial charge in [0.05, 0.1) is 31.1 Å². The van der Waals surface area contributed by atoms with E-state index in [-0.39, 0.29) is 6.10 Å². The number of hydrogen-bond donors (Lipinski definition) is 2. The number of aromatic nitrogens is 2. The molecule has 1 aromatic carbocycles. The summed E-state index contributed by atoms with van der Waals surface area (Å²) in [6, 6.07) is 7.58. The molecule has 0 radical (unpaired) electrons. The van der Waals surface area contributed by atoms with Gasteiger partial charge in [0.25, 0.3) is 0 Å². The first-order valence-electron chi connectivity index (χ1n) is 9.75. The van der Waals surface area contributed by atoms with Crippen LogP contribution >= 0.6 is 11.6 Å². The molecule has 0 bridgehead atoms. The number of halogens is 1. The summed E-state index contributed by atoms with van der Waals surface area (Å²) in [5.74, 6) is 0.797. The molecule has 1 aliphatic rings. The topological polar surface area (TPSA) is 72.7 Å². The molecule has 2 aromatic rings. The summed E-state index contributed by atoms with van der Waals surface area (Å²) < 4.78 is 12.9. The SMILES string of the molecule is CCNC(=NCc1cnn(-c2ccc(Cl)cc2)c1)NCCCOC1CCOC1. The first-order valence-corrected chi connectivity index (χ1v) is 10.1. The maximum Gasteiger partial charge on any atom is 0.191 e. The van der Waals surface area contributed by atoms with Gasteiger partial charge in [-0.05, 0) is 44.0 Å². The van der Waals surface area contributed by atoms with Crippen molar-refractivity contribution in [1.29, 1.82) is 0 Å². The summed E-state index contributed by atoms with van der Waals surface area (Å²) in [7, 11) is 0. The van der Waals surface area contributed by atoms with Crippen molar-refractivity contribution in [3.8, 4) is 5.69 Å². The van der Waals surface area contributed by atoms with Crippen LogP contribution in [0.15, 0.2) is 41.7 Å². The predicted octanol–water partition coefficient (Wildman–Crippen LogP) is 2.78. The molecule has 1 unspecified atom stereocenters. The number of benzene rings is 1. The summed E-state index contributed by atoms with van der Waals surface area (Å²) >= 11 is 5.94. The minimum absolute atomic E-state index is 0.263. The number of guanidine groups is 1. The van der Waals surface area contributed by atoms with Crippen LogP contribution in [0.1, 0.15) is 25.3 Å². The van der Waals surface area contributed by atoms with E-state index in [1.165, 1.54) is 0 Å². The number of rotatable bonds is 9. The van der Waals surface area contributed by atoms with E-state index in [0.717, 1.165) is 63.0 Å². The molecule has 8 heteroatoms. The number of aliphatic imine (C=N–C) groups is 1. The fraction of sp³-hybridized carbons (Fsp3) is 0.500. The minimum Gasteiger partial charge on any atom is -0.379 e. The average molecular weight is 406 g/mol. The van der Waals surface area contributed by atoms with E-state index in [0.29, 0.717) is 11.6 Å². The highest BCUT2D eigenvalue weighted by atomic mass is 35.5. The van der Waals surface area contributed by atoms with Crippen LogP contribution in [0.5, 0.6) is 0 Å². The molecular formula is C20H28ClN5O2. The minimum atomic E-state index is 0.263. The third-order valence-corrected chi connectivity index (χ3v) is 4.60. The standard InChI is InChI=1S/C20H28ClN5O2/c1-2-22-20(23-9-3-10-28-19-8-11-27-15-19)24-12-16-13-25-26(14-16)18-6-4-17(21)5-7-18/h4-7,13-14,19H,2-3,8-12,15H2,1H3,(H2,22,23,24). The van der Waals surface area contributed by atoms with Crippen molar-refractivity contribution in [2.24, 2.45) is 4.99 Å². The number of hydrogen-bond acceptors (Lipinski definition) is 4. The van der Waals surface area contributed by atoms with Crippen molar-refractivity contribution in [2.45, 2.75) is 32.4 Å². The van der Waals surface area contributed by atoms with Crippen molar-refractivity contribution >= 4 is 17.6 Å². The van der Waals surface area contributed by atoms with Crippen LogP contribution in [0.4, 0.5) is 0 Å². The van der Waals surface area contributed by atoms with Crippen LogP contribution in [0.25, 0.3) is 5.69 Å². The van der Waals surface area contributed by atoms with E-state index in [9.17, 15) is 0 Å². The highest BCUT2D eigenvalue weighted by Crippen LogP contribution is 2.13. The molecule has 0 saturated carbocycles. The average Bonchev–Trinajstić information content (AvgIpc) is 3.38. The molecule has 0 spiro atoms. The van der Waals surface area contributed by atoms with Crippen molar-refractivity contribution in [3.05, 3.63) is 47.2 Å². The zero-order valence-corrected chi connectivity index (χ0v) is 17.0. The molecule has 152 valence electrons. The Balaban J connectivity index is 1.45. The summed E-state index contributed by atoms with van der Waals surface area (Å²) in [4.78, 5) is 4.64. The molecule has 1 fully saturated rings. The summed E-state index contributed by atoms with van der Waals surface area (Å²) in [6.07, 6.45) is 6.00. The van der Waals surface area contributed by atoms with E-state index in [1.54, 1.807) is 0 Å². The first-order chi connectivity index (χ1) is 13.7. The Morgan fingerprint density at radius 2 is 2.21 bits per heavy atom. The van der Waals surface area contributed by atoms with E-state index in [2.05, 4.69) is 27.6 Å². The first kappa shape index (κ1) is 20.6. The van der Waals surface area contributed by atoms with Gasteiger partial charge in [0.15, 0.2) is 5.96 Å². The second kappa shape index (κ2) is 11.0. The third-order valence-electron chi connectivity index (χ3n) is 4.35. The van der Waals surface area contributed by atoms with Crippen LogP contribution < -0.4 is 10.6 Å². The largest absolute Gasteiger partial charge is 0.379 e. The fourth-order valence-electron chi connectivity index (χ4n) is 2.86. The molecule has 7 nitrogen and oxygen atoms in total. The van der Waals surface area contributed by atoms with Gasteiger partial charge in [0.2, 0.25) is 0 Å². The van der Waals surface area contributed by atoms with E-state index in [4.69, 9.17) is 21.1 Å². The summed E-state index contributed by atoms with van der Waals surface area (Å²) in [5, 5.41) is 11.7. The molecular weight excluding hydrogens is 378 g/mol. The Bertz CT molecular complexity index is 741. The predicted molar refractivity (Wildman–Crippen MR) is 111 cm³/mol. The smallest absolute Gasteiger partial charge is 0.191 e. The summed E-state index contributed by atoms with van der Waals surface area (Å²) in [6.45, 7) is 6.50. The molecule has 0 amide bonds. The lowest BCUT2D eigenvalue weighted by Crippen LogP contribution is -2.38. The van der Waals surface area contributed by atoms with Gasteiger partial charge in [0.1, 0.15) is 0 Å². The van der Waals surface area contributed by atoms with Gasteiger partial charge in [-0.2, -0.15) is 5.10 Å². The van der Waals surface area contributed by atoms with Crippen LogP contribution in [0, 0.1) is 0 Å². The second-order valence-corrected chi connectivity index (χ2v) is 7.04. The van der Waals surface area contributed by atoms with Crippen molar-refractivity contribution in [1.82, 2.24) is 20.4 Å². The van der Waals surface area contributed by atoms with Crippen LogP contribution in [-0.2, 0) is 16.0 Å². The molecule has 1 aromatic heterocycles. The van der Waals surface area contributed by atoms with Gasteiger partial charge in [-0.3, -0.25) is 0 Å². The molecule has 3 rings (SSSR count). The Morgan fingerprint density at radius 3 is 2.96 bits per heavy atom. The number of nitrogens with zero attached hydrogens (tertiary/aromatic N) is 3. The Kier molecular flexibility index (Phi) is 8.14. The molecule has 1 saturated heterocycles. The quantitative estimate of drug-likeness (QED) is 0.381. The lowest BCUT2D eigenvalue weighted by atomic mass is 10.3. The van der Waals surface area contributed by atoms with E-state index < -0.39 is 0 Å². The van der Waals surface area contributed by atoms with Crippen LogP contribution in [0.2, 0.25) is 5.02 Å². The second-order valence-electron chi connectivity index (χ2n) is 6.60. The van der Waals surface area contributed by atoms with Gasteiger partial charge in [-0.1, -0.05) is 11.6 Å². The lowest BCUT2D eigenvalue weighted by Gasteiger charge is -2.12. The van der Waals surface area contributed by atoms with Crippen molar-refractivity contribution in [3.63, 3.8) is 0 Å². The molecule has 1 aliphatic heterocycles. The zero-order chi connectivity index (χ0) is 19.6. The highest BCUT2D eigenvalue weighted by Gasteiger charge is 2.15. The Morgan fingerprint density at radius 1 is 1.36 bits per heavy atom. The van der Waals surface area contributed by atoms with Gasteiger partial charge in [-0.15, -0.1) is 0 Å². The van der Waals surface area contributed by atoms with E-state index >= 15 is 0 Å². The fourth-order valence-corrected chi connectivity index (χ4v) is 2.99. The third kappa shape index (κ3) is 6.51. The molecule has 28 heavy (non-hydrogen) atoms. The maximum atomic E-state index is 5.94. The van der Waals surface area contributed by atoms with Gasteiger partial charge < -0.3 is 20.1 Å². The molecule has 2 N–H and O–H groups in total. The monoisotopic (exact) mass is 405 g/mol. The van der Waals surface area contributed by atoms with Crippen LogP contribution in [0.3, 0.4) is 0 Å². The van der Waals surface area contributed by atoms with Gasteiger partial charge in [0, 0.05) is 43.1 Å².